The van der Waals surface area contributed by atoms with Gasteiger partial charge in [0.1, 0.15) is 6.33 Å². The number of rotatable bonds is 6. The van der Waals surface area contributed by atoms with Crippen molar-refractivity contribution in [3.63, 3.8) is 0 Å². The molecule has 0 bridgehead atoms. The van der Waals surface area contributed by atoms with Gasteiger partial charge in [-0.25, -0.2) is 9.97 Å². The summed E-state index contributed by atoms with van der Waals surface area (Å²) in [4.78, 5) is 12.9. The molecule has 0 amide bonds. The van der Waals surface area contributed by atoms with E-state index in [1.807, 2.05) is 24.7 Å². The van der Waals surface area contributed by atoms with Crippen LogP contribution in [-0.4, -0.2) is 33.7 Å². The number of hydrogen-bond donors (Lipinski definition) is 1. The van der Waals surface area contributed by atoms with Crippen LogP contribution in [0.2, 0.25) is 0 Å². The van der Waals surface area contributed by atoms with Crippen molar-refractivity contribution in [2.24, 2.45) is 0 Å². The van der Waals surface area contributed by atoms with Crippen molar-refractivity contribution in [3.05, 3.63) is 54.4 Å². The maximum Gasteiger partial charge on any atom is 0.115 e. The Hall–Kier alpha value is -1.85. The van der Waals surface area contributed by atoms with E-state index in [0.717, 1.165) is 44.5 Å². The molecular weight excluding hydrogens is 324 g/mol. The second-order valence-corrected chi connectivity index (χ2v) is 7.83. The predicted octanol–water partition coefficient (Wildman–Crippen LogP) is 3.41. The third-order valence-corrected chi connectivity index (χ3v) is 6.10. The molecular formula is C21H28N4O. The van der Waals surface area contributed by atoms with Gasteiger partial charge in [0, 0.05) is 48.4 Å². The number of aromatic nitrogens is 3. The lowest BCUT2D eigenvalue weighted by atomic mass is 9.68. The molecule has 1 aliphatic carbocycles. The lowest BCUT2D eigenvalue weighted by Gasteiger charge is -2.46. The van der Waals surface area contributed by atoms with E-state index in [-0.39, 0.29) is 11.0 Å². The normalized spacial score (nSPS) is 24.8. The maximum absolute atomic E-state index is 6.31. The van der Waals surface area contributed by atoms with Crippen molar-refractivity contribution in [1.82, 2.24) is 20.3 Å². The van der Waals surface area contributed by atoms with Crippen molar-refractivity contribution < 1.29 is 4.74 Å². The second-order valence-electron chi connectivity index (χ2n) is 7.83. The lowest BCUT2D eigenvalue weighted by Crippen LogP contribution is -2.47. The summed E-state index contributed by atoms with van der Waals surface area (Å²) in [7, 11) is 0. The number of nitrogens with one attached hydrogen (secondary N) is 1. The third-order valence-electron chi connectivity index (χ3n) is 6.10. The Morgan fingerprint density at radius 2 is 1.92 bits per heavy atom. The van der Waals surface area contributed by atoms with E-state index in [0.29, 0.717) is 0 Å². The highest BCUT2D eigenvalue weighted by molar-refractivity contribution is 5.20. The van der Waals surface area contributed by atoms with Crippen LogP contribution in [0.3, 0.4) is 0 Å². The molecule has 1 spiro atoms. The highest BCUT2D eigenvalue weighted by Crippen LogP contribution is 2.49. The average molecular weight is 352 g/mol. The molecule has 1 saturated carbocycles. The number of ether oxygens (including phenoxy) is 1. The molecule has 1 aliphatic heterocycles. The van der Waals surface area contributed by atoms with Crippen LogP contribution < -0.4 is 5.32 Å². The zero-order chi connectivity index (χ0) is 17.7. The lowest BCUT2D eigenvalue weighted by molar-refractivity contribution is -0.104. The van der Waals surface area contributed by atoms with E-state index in [2.05, 4.69) is 27.4 Å². The van der Waals surface area contributed by atoms with Gasteiger partial charge in [-0.15, -0.1) is 0 Å². The minimum absolute atomic E-state index is 0.0864. The molecule has 0 unspecified atom stereocenters. The van der Waals surface area contributed by atoms with Crippen molar-refractivity contribution in [2.45, 2.75) is 62.5 Å². The Balaban J connectivity index is 1.46. The first kappa shape index (κ1) is 17.6. The van der Waals surface area contributed by atoms with Crippen LogP contribution in [0.25, 0.3) is 0 Å². The Labute approximate surface area is 155 Å². The number of pyridine rings is 1. The quantitative estimate of drug-likeness (QED) is 0.807. The minimum atomic E-state index is 0.0864. The number of nitrogens with zero attached hydrogens (tertiary/aromatic N) is 3. The van der Waals surface area contributed by atoms with Gasteiger partial charge in [-0.3, -0.25) is 4.98 Å². The summed E-state index contributed by atoms with van der Waals surface area (Å²) in [5.41, 5.74) is 2.56. The topological polar surface area (TPSA) is 59.9 Å². The molecule has 0 aromatic carbocycles. The third kappa shape index (κ3) is 3.79. The Morgan fingerprint density at radius 3 is 2.69 bits per heavy atom. The average Bonchev–Trinajstić information content (AvgIpc) is 3.14. The molecule has 5 heteroatoms. The summed E-state index contributed by atoms with van der Waals surface area (Å²) in [5, 5.41) is 3.57. The molecule has 0 radical (unpaired) electrons. The van der Waals surface area contributed by atoms with Crippen molar-refractivity contribution in [2.75, 3.05) is 13.2 Å². The van der Waals surface area contributed by atoms with Crippen LogP contribution in [0.4, 0.5) is 0 Å². The summed E-state index contributed by atoms with van der Waals surface area (Å²) in [5.74, 6) is 0. The molecule has 1 saturated heterocycles. The Kier molecular flexibility index (Phi) is 5.27. The molecule has 1 N–H and O–H groups in total. The first-order valence-electron chi connectivity index (χ1n) is 9.81. The zero-order valence-electron chi connectivity index (χ0n) is 15.4. The van der Waals surface area contributed by atoms with E-state index in [4.69, 9.17) is 9.72 Å². The van der Waals surface area contributed by atoms with Gasteiger partial charge in [0.15, 0.2) is 0 Å². The molecule has 1 atom stereocenters. The zero-order valence-corrected chi connectivity index (χ0v) is 15.4. The molecule has 5 nitrogen and oxygen atoms in total. The molecule has 2 fully saturated rings. The monoisotopic (exact) mass is 352 g/mol. The van der Waals surface area contributed by atoms with Crippen LogP contribution in [0.5, 0.6) is 0 Å². The standard InChI is InChI=1S/C21H28N4O/c1-4-10-25-19(5-1)20(8-11-22-13-18-14-23-17-24-15-18)9-12-26-21(16-20)6-2-3-7-21/h1,4-5,10,14-15,17,22H,2-3,6-9,11-13,16H2/t20-/m0/s1. The molecule has 2 aliphatic rings. The van der Waals surface area contributed by atoms with Gasteiger partial charge in [-0.2, -0.15) is 0 Å². The fourth-order valence-corrected chi connectivity index (χ4v) is 4.78. The summed E-state index contributed by atoms with van der Waals surface area (Å²) in [6.45, 7) is 2.62. The highest BCUT2D eigenvalue weighted by atomic mass is 16.5. The fraction of sp³-hybridized carbons (Fsp3) is 0.571. The van der Waals surface area contributed by atoms with Crippen LogP contribution in [-0.2, 0) is 16.7 Å². The smallest absolute Gasteiger partial charge is 0.115 e. The molecule has 138 valence electrons. The van der Waals surface area contributed by atoms with E-state index in [1.165, 1.54) is 31.4 Å². The summed E-state index contributed by atoms with van der Waals surface area (Å²) < 4.78 is 6.31. The Morgan fingerprint density at radius 1 is 1.08 bits per heavy atom. The first-order chi connectivity index (χ1) is 12.8. The van der Waals surface area contributed by atoms with E-state index >= 15 is 0 Å². The van der Waals surface area contributed by atoms with Crippen molar-refractivity contribution in [1.29, 1.82) is 0 Å². The van der Waals surface area contributed by atoms with Crippen LogP contribution in [0.1, 0.15) is 56.2 Å². The van der Waals surface area contributed by atoms with Crippen molar-refractivity contribution >= 4 is 0 Å². The van der Waals surface area contributed by atoms with Gasteiger partial charge in [0.05, 0.1) is 5.60 Å². The second kappa shape index (κ2) is 7.80. The van der Waals surface area contributed by atoms with E-state index < -0.39 is 0 Å². The molecule has 4 rings (SSSR count). The number of hydrogen-bond acceptors (Lipinski definition) is 5. The van der Waals surface area contributed by atoms with Crippen LogP contribution in [0, 0.1) is 0 Å². The van der Waals surface area contributed by atoms with Gasteiger partial charge in [0.2, 0.25) is 0 Å². The summed E-state index contributed by atoms with van der Waals surface area (Å²) in [6, 6.07) is 6.34. The van der Waals surface area contributed by atoms with Crippen molar-refractivity contribution in [3.8, 4) is 0 Å². The first-order valence-corrected chi connectivity index (χ1v) is 9.81. The summed E-state index contributed by atoms with van der Waals surface area (Å²) in [6.07, 6.45) is 15.5. The van der Waals surface area contributed by atoms with Gasteiger partial charge in [-0.05, 0) is 50.8 Å². The molecule has 2 aromatic heterocycles. The maximum atomic E-state index is 6.31. The molecule has 3 heterocycles. The fourth-order valence-electron chi connectivity index (χ4n) is 4.78. The van der Waals surface area contributed by atoms with E-state index in [1.54, 1.807) is 6.33 Å². The predicted molar refractivity (Wildman–Crippen MR) is 101 cm³/mol. The van der Waals surface area contributed by atoms with Gasteiger partial charge in [-0.1, -0.05) is 18.9 Å². The molecule has 2 aromatic rings. The minimum Gasteiger partial charge on any atom is -0.375 e. The SMILES string of the molecule is c1ccc([C@@]2(CCNCc3cncnc3)CCOC3(CCCC3)C2)nc1. The van der Waals surface area contributed by atoms with E-state index in [9.17, 15) is 0 Å². The van der Waals surface area contributed by atoms with Crippen LogP contribution >= 0.6 is 0 Å². The van der Waals surface area contributed by atoms with Gasteiger partial charge in [0.25, 0.3) is 0 Å². The van der Waals surface area contributed by atoms with Gasteiger partial charge >= 0.3 is 0 Å². The Bertz CT molecular complexity index is 688. The largest absolute Gasteiger partial charge is 0.375 e. The summed E-state index contributed by atoms with van der Waals surface area (Å²) >= 11 is 0. The highest BCUT2D eigenvalue weighted by Gasteiger charge is 2.48. The molecule has 26 heavy (non-hydrogen) atoms. The van der Waals surface area contributed by atoms with Gasteiger partial charge < -0.3 is 10.1 Å². The van der Waals surface area contributed by atoms with Crippen LogP contribution in [0.15, 0.2) is 43.1 Å².